The van der Waals surface area contributed by atoms with Crippen LogP contribution in [0.2, 0.25) is 0 Å². The minimum atomic E-state index is 0.541. The number of nitrogen functional groups attached to an aromatic ring is 1. The van der Waals surface area contributed by atoms with Gasteiger partial charge in [-0.1, -0.05) is 26.2 Å². The van der Waals surface area contributed by atoms with Crippen LogP contribution in [-0.4, -0.2) is 6.04 Å². The van der Waals surface area contributed by atoms with Gasteiger partial charge >= 0.3 is 0 Å². The van der Waals surface area contributed by atoms with E-state index < -0.39 is 0 Å². The average Bonchev–Trinajstić information content (AvgIpc) is 2.41. The Balaban J connectivity index is 2.03. The summed E-state index contributed by atoms with van der Waals surface area (Å²) in [5.74, 6) is 0.848. The normalized spacial score (nSPS) is 23.3. The molecule has 0 aliphatic heterocycles. The molecule has 2 unspecified atom stereocenters. The average molecular weight is 243 g/mol. The van der Waals surface area contributed by atoms with E-state index in [4.69, 9.17) is 11.0 Å². The van der Waals surface area contributed by atoms with Crippen LogP contribution in [0, 0.1) is 17.2 Å². The van der Waals surface area contributed by atoms with E-state index >= 15 is 0 Å². The van der Waals surface area contributed by atoms with Gasteiger partial charge in [-0.15, -0.1) is 0 Å². The molecule has 1 aliphatic carbocycles. The van der Waals surface area contributed by atoms with Gasteiger partial charge in [-0.2, -0.15) is 5.26 Å². The highest BCUT2D eigenvalue weighted by Crippen LogP contribution is 2.29. The molecule has 0 bridgehead atoms. The highest BCUT2D eigenvalue weighted by Gasteiger charge is 2.20. The Bertz CT molecular complexity index is 448. The Kier molecular flexibility index (Phi) is 4.09. The summed E-state index contributed by atoms with van der Waals surface area (Å²) >= 11 is 0. The van der Waals surface area contributed by atoms with Crippen molar-refractivity contribution >= 4 is 11.4 Å². The second kappa shape index (κ2) is 5.77. The van der Waals surface area contributed by atoms with Gasteiger partial charge in [0, 0.05) is 17.4 Å². The molecule has 1 aromatic carbocycles. The number of nitrogens with one attached hydrogen (secondary N) is 1. The number of benzene rings is 1. The Hall–Kier alpha value is -1.69. The minimum absolute atomic E-state index is 0.541. The zero-order valence-corrected chi connectivity index (χ0v) is 10.9. The summed E-state index contributed by atoms with van der Waals surface area (Å²) in [7, 11) is 0. The number of nitrogens with zero attached hydrogens (tertiary/aromatic N) is 1. The van der Waals surface area contributed by atoms with Crippen LogP contribution < -0.4 is 11.1 Å². The lowest BCUT2D eigenvalue weighted by Gasteiger charge is -2.29. The van der Waals surface area contributed by atoms with Gasteiger partial charge in [0.05, 0.1) is 5.56 Å². The molecule has 3 N–H and O–H groups in total. The first-order valence-corrected chi connectivity index (χ1v) is 6.79. The number of nitriles is 1. The van der Waals surface area contributed by atoms with Crippen LogP contribution >= 0.6 is 0 Å². The van der Waals surface area contributed by atoms with E-state index in [9.17, 15) is 0 Å². The van der Waals surface area contributed by atoms with Crippen molar-refractivity contribution in [2.45, 2.75) is 45.1 Å². The van der Waals surface area contributed by atoms with Crippen molar-refractivity contribution in [3.63, 3.8) is 0 Å². The van der Waals surface area contributed by atoms with E-state index in [2.05, 4.69) is 18.3 Å². The molecular formula is C15H21N3. The lowest BCUT2D eigenvalue weighted by molar-refractivity contribution is 0.327. The minimum Gasteiger partial charge on any atom is -0.398 e. The molecule has 0 aromatic heterocycles. The fourth-order valence-electron chi connectivity index (χ4n) is 2.77. The van der Waals surface area contributed by atoms with Crippen LogP contribution in [0.25, 0.3) is 0 Å². The first kappa shape index (κ1) is 12.8. The predicted molar refractivity (Wildman–Crippen MR) is 75.2 cm³/mol. The molecular weight excluding hydrogens is 222 g/mol. The highest BCUT2D eigenvalue weighted by molar-refractivity contribution is 5.62. The second-order valence-electron chi connectivity index (χ2n) is 5.20. The molecule has 1 aliphatic rings. The van der Waals surface area contributed by atoms with Crippen LogP contribution in [0.15, 0.2) is 18.2 Å². The van der Waals surface area contributed by atoms with Crippen molar-refractivity contribution in [3.8, 4) is 6.07 Å². The monoisotopic (exact) mass is 243 g/mol. The molecule has 18 heavy (non-hydrogen) atoms. The first-order valence-electron chi connectivity index (χ1n) is 6.79. The second-order valence-corrected chi connectivity index (χ2v) is 5.20. The van der Waals surface area contributed by atoms with Gasteiger partial charge in [0.15, 0.2) is 0 Å². The highest BCUT2D eigenvalue weighted by atomic mass is 14.9. The lowest BCUT2D eigenvalue weighted by atomic mass is 9.84. The first-order chi connectivity index (χ1) is 8.72. The zero-order chi connectivity index (χ0) is 13.0. The predicted octanol–water partition coefficient (Wildman–Crippen LogP) is 3.52. The summed E-state index contributed by atoms with van der Waals surface area (Å²) in [5, 5.41) is 12.5. The zero-order valence-electron chi connectivity index (χ0n) is 10.9. The van der Waals surface area contributed by atoms with Crippen molar-refractivity contribution in [2.24, 2.45) is 5.92 Å². The molecule has 0 radical (unpaired) electrons. The van der Waals surface area contributed by atoms with Gasteiger partial charge in [-0.05, 0) is 37.0 Å². The number of hydrogen-bond donors (Lipinski definition) is 2. The van der Waals surface area contributed by atoms with Crippen molar-refractivity contribution < 1.29 is 0 Å². The molecule has 0 amide bonds. The molecule has 3 nitrogen and oxygen atoms in total. The van der Waals surface area contributed by atoms with E-state index in [1.165, 1.54) is 32.1 Å². The summed E-state index contributed by atoms with van der Waals surface area (Å²) in [6.45, 7) is 2.27. The van der Waals surface area contributed by atoms with Gasteiger partial charge in [-0.3, -0.25) is 0 Å². The van der Waals surface area contributed by atoms with E-state index in [0.29, 0.717) is 17.3 Å². The summed E-state index contributed by atoms with van der Waals surface area (Å²) in [5.41, 5.74) is 7.85. The van der Waals surface area contributed by atoms with Crippen molar-refractivity contribution in [3.05, 3.63) is 23.8 Å². The summed E-state index contributed by atoms with van der Waals surface area (Å²) < 4.78 is 0. The molecule has 1 aromatic rings. The lowest BCUT2D eigenvalue weighted by Crippen LogP contribution is -2.27. The van der Waals surface area contributed by atoms with Crippen LogP contribution in [0.1, 0.15) is 44.6 Å². The maximum Gasteiger partial charge on any atom is 0.101 e. The molecule has 0 saturated heterocycles. The molecule has 0 spiro atoms. The van der Waals surface area contributed by atoms with Gasteiger partial charge < -0.3 is 11.1 Å². The number of rotatable bonds is 3. The quantitative estimate of drug-likeness (QED) is 0.798. The van der Waals surface area contributed by atoms with Gasteiger partial charge in [0.25, 0.3) is 0 Å². The SMILES string of the molecule is CCC1CCCC(Nc2ccc(N)c(C#N)c2)C1. The Morgan fingerprint density at radius 3 is 3.00 bits per heavy atom. The fraction of sp³-hybridized carbons (Fsp3) is 0.533. The summed E-state index contributed by atoms with van der Waals surface area (Å²) in [4.78, 5) is 0. The molecule has 2 atom stereocenters. The molecule has 1 saturated carbocycles. The maximum atomic E-state index is 8.97. The van der Waals surface area contributed by atoms with Gasteiger partial charge in [-0.25, -0.2) is 0 Å². The molecule has 2 rings (SSSR count). The van der Waals surface area contributed by atoms with E-state index in [-0.39, 0.29) is 0 Å². The molecule has 96 valence electrons. The Morgan fingerprint density at radius 1 is 1.44 bits per heavy atom. The summed E-state index contributed by atoms with van der Waals surface area (Å²) in [6.07, 6.45) is 6.39. The number of anilines is 2. The largest absolute Gasteiger partial charge is 0.398 e. The van der Waals surface area contributed by atoms with Crippen LogP contribution in [0.5, 0.6) is 0 Å². The Labute approximate surface area is 109 Å². The van der Waals surface area contributed by atoms with E-state index in [1.54, 1.807) is 6.07 Å². The number of nitrogens with two attached hydrogens (primary N) is 1. The Morgan fingerprint density at radius 2 is 2.28 bits per heavy atom. The van der Waals surface area contributed by atoms with E-state index in [1.807, 2.05) is 12.1 Å². The third-order valence-electron chi connectivity index (χ3n) is 3.90. The maximum absolute atomic E-state index is 8.97. The smallest absolute Gasteiger partial charge is 0.101 e. The van der Waals surface area contributed by atoms with Gasteiger partial charge in [0.2, 0.25) is 0 Å². The van der Waals surface area contributed by atoms with Crippen molar-refractivity contribution in [2.75, 3.05) is 11.1 Å². The fourth-order valence-corrected chi connectivity index (χ4v) is 2.77. The standard InChI is InChI=1S/C15H21N3/c1-2-11-4-3-5-13(8-11)18-14-6-7-15(17)12(9-14)10-16/h6-7,9,11,13,18H,2-5,8,17H2,1H3. The topological polar surface area (TPSA) is 61.8 Å². The third kappa shape index (κ3) is 2.95. The number of hydrogen-bond acceptors (Lipinski definition) is 3. The van der Waals surface area contributed by atoms with Crippen molar-refractivity contribution in [1.29, 1.82) is 5.26 Å². The molecule has 0 heterocycles. The summed E-state index contributed by atoms with van der Waals surface area (Å²) in [6, 6.07) is 8.29. The van der Waals surface area contributed by atoms with E-state index in [0.717, 1.165) is 11.6 Å². The molecule has 3 heteroatoms. The van der Waals surface area contributed by atoms with Crippen molar-refractivity contribution in [1.82, 2.24) is 0 Å². The van der Waals surface area contributed by atoms with Crippen LogP contribution in [0.3, 0.4) is 0 Å². The molecule has 1 fully saturated rings. The van der Waals surface area contributed by atoms with Crippen LogP contribution in [0.4, 0.5) is 11.4 Å². The van der Waals surface area contributed by atoms with Crippen LogP contribution in [-0.2, 0) is 0 Å². The third-order valence-corrected chi connectivity index (χ3v) is 3.90. The van der Waals surface area contributed by atoms with Gasteiger partial charge in [0.1, 0.15) is 6.07 Å².